The van der Waals surface area contributed by atoms with Gasteiger partial charge < -0.3 is 18.6 Å². The second-order valence-corrected chi connectivity index (χ2v) is 7.62. The highest BCUT2D eigenvalue weighted by Gasteiger charge is 2.21. The zero-order valence-electron chi connectivity index (χ0n) is 18.5. The third-order valence-electron chi connectivity index (χ3n) is 4.17. The molecule has 0 bridgehead atoms. The lowest BCUT2D eigenvalue weighted by Crippen LogP contribution is -2.15. The minimum Gasteiger partial charge on any atom is -0.485 e. The van der Waals surface area contributed by atoms with Gasteiger partial charge in [0.25, 0.3) is 0 Å². The largest absolute Gasteiger partial charge is 0.485 e. The van der Waals surface area contributed by atoms with Crippen molar-refractivity contribution in [3.63, 3.8) is 0 Å². The van der Waals surface area contributed by atoms with Crippen molar-refractivity contribution in [3.8, 4) is 17.2 Å². The van der Waals surface area contributed by atoms with Crippen LogP contribution in [0.25, 0.3) is 11.0 Å². The van der Waals surface area contributed by atoms with Crippen LogP contribution in [0.15, 0.2) is 50.7 Å². The zero-order chi connectivity index (χ0) is 22.3. The van der Waals surface area contributed by atoms with Gasteiger partial charge in [0, 0.05) is 6.92 Å². The van der Waals surface area contributed by atoms with Crippen molar-refractivity contribution in [1.29, 1.82) is 0 Å². The number of ether oxygens (including phenoxy) is 3. The Morgan fingerprint density at radius 1 is 1.10 bits per heavy atom. The number of para-hydroxylation sites is 1. The Balaban J connectivity index is 2.40. The summed E-state index contributed by atoms with van der Waals surface area (Å²) in [5, 5.41) is 0.500. The van der Waals surface area contributed by atoms with E-state index in [0.29, 0.717) is 5.39 Å². The first-order valence-corrected chi connectivity index (χ1v) is 10.1. The molecule has 1 aromatic heterocycles. The molecule has 1 heterocycles. The Hall–Kier alpha value is -3.02. The molecule has 0 unspecified atom stereocenters. The molecule has 6 nitrogen and oxygen atoms in total. The highest BCUT2D eigenvalue weighted by Crippen LogP contribution is 2.37. The van der Waals surface area contributed by atoms with E-state index in [2.05, 4.69) is 19.9 Å². The highest BCUT2D eigenvalue weighted by molar-refractivity contribution is 5.91. The van der Waals surface area contributed by atoms with Gasteiger partial charge in [0.15, 0.2) is 17.1 Å². The third-order valence-corrected chi connectivity index (χ3v) is 4.17. The Bertz CT molecular complexity index is 1010. The SMILES string of the molecule is CC(=O)Oc1cccc2c(OC/C=C(\C)CCC=C(C)C)c(OC(C)C)c(=O)oc12. The second kappa shape index (κ2) is 10.7. The van der Waals surface area contributed by atoms with Crippen LogP contribution in [0, 0.1) is 0 Å². The number of rotatable bonds is 9. The molecule has 0 amide bonds. The summed E-state index contributed by atoms with van der Waals surface area (Å²) in [7, 11) is 0. The van der Waals surface area contributed by atoms with Crippen LogP contribution in [0.2, 0.25) is 0 Å². The molecule has 6 heteroatoms. The van der Waals surface area contributed by atoms with Crippen molar-refractivity contribution in [2.75, 3.05) is 6.61 Å². The first-order valence-electron chi connectivity index (χ1n) is 10.1. The van der Waals surface area contributed by atoms with Gasteiger partial charge in [-0.2, -0.15) is 0 Å². The first kappa shape index (κ1) is 23.3. The standard InChI is InChI=1S/C24H30O6/c1-15(2)9-7-10-17(5)13-14-27-22-19-11-8-12-20(29-18(6)25)21(19)30-24(26)23(22)28-16(3)4/h8-9,11-13,16H,7,10,14H2,1-6H3/b17-13+. The maximum atomic E-state index is 12.6. The van der Waals surface area contributed by atoms with Crippen LogP contribution in [-0.4, -0.2) is 18.7 Å². The van der Waals surface area contributed by atoms with Crippen molar-refractivity contribution in [2.45, 2.75) is 60.5 Å². The number of esters is 1. The summed E-state index contributed by atoms with van der Waals surface area (Å²) in [6.45, 7) is 11.4. The fourth-order valence-electron chi connectivity index (χ4n) is 2.83. The molecule has 2 rings (SSSR count). The summed E-state index contributed by atoms with van der Waals surface area (Å²) in [4.78, 5) is 24.0. The Kier molecular flexibility index (Phi) is 8.27. The number of fused-ring (bicyclic) bond motifs is 1. The lowest BCUT2D eigenvalue weighted by Gasteiger charge is -2.16. The summed E-state index contributed by atoms with van der Waals surface area (Å²) < 4.78 is 22.2. The third kappa shape index (κ3) is 6.51. The van der Waals surface area contributed by atoms with Crippen molar-refractivity contribution >= 4 is 16.9 Å². The summed E-state index contributed by atoms with van der Waals surface area (Å²) >= 11 is 0. The summed E-state index contributed by atoms with van der Waals surface area (Å²) in [6, 6.07) is 5.00. The predicted octanol–water partition coefficient (Wildman–Crippen LogP) is 5.58. The molecule has 0 aliphatic carbocycles. The number of allylic oxidation sites excluding steroid dienone is 3. The number of hydrogen-bond donors (Lipinski definition) is 0. The van der Waals surface area contributed by atoms with Crippen molar-refractivity contribution < 1.29 is 23.4 Å². The number of carbonyl (C=O) groups is 1. The van der Waals surface area contributed by atoms with E-state index in [1.807, 2.05) is 26.8 Å². The first-order chi connectivity index (χ1) is 14.2. The molecule has 0 saturated carbocycles. The van der Waals surface area contributed by atoms with E-state index < -0.39 is 11.6 Å². The van der Waals surface area contributed by atoms with E-state index in [-0.39, 0.29) is 35.5 Å². The van der Waals surface area contributed by atoms with Crippen LogP contribution in [-0.2, 0) is 4.79 Å². The Morgan fingerprint density at radius 3 is 2.47 bits per heavy atom. The number of benzene rings is 1. The lowest BCUT2D eigenvalue weighted by atomic mass is 10.1. The average Bonchev–Trinajstić information content (AvgIpc) is 2.63. The molecule has 1 aromatic carbocycles. The second-order valence-electron chi connectivity index (χ2n) is 7.62. The van der Waals surface area contributed by atoms with Gasteiger partial charge in [0.2, 0.25) is 5.75 Å². The molecule has 30 heavy (non-hydrogen) atoms. The molecule has 0 aliphatic rings. The van der Waals surface area contributed by atoms with Crippen LogP contribution in [0.1, 0.15) is 54.4 Å². The molecule has 0 saturated heterocycles. The molecule has 0 N–H and O–H groups in total. The van der Waals surface area contributed by atoms with E-state index in [0.717, 1.165) is 12.8 Å². The summed E-state index contributed by atoms with van der Waals surface area (Å²) in [5.41, 5.74) is 1.94. The number of hydrogen-bond acceptors (Lipinski definition) is 6. The highest BCUT2D eigenvalue weighted by atomic mass is 16.6. The van der Waals surface area contributed by atoms with Gasteiger partial charge in [-0.25, -0.2) is 4.79 Å². The van der Waals surface area contributed by atoms with Crippen LogP contribution in [0.5, 0.6) is 17.2 Å². The Morgan fingerprint density at radius 2 is 1.83 bits per heavy atom. The van der Waals surface area contributed by atoms with E-state index in [1.54, 1.807) is 18.2 Å². The van der Waals surface area contributed by atoms with Crippen molar-refractivity contribution in [2.24, 2.45) is 0 Å². The van der Waals surface area contributed by atoms with Gasteiger partial charge in [-0.3, -0.25) is 4.79 Å². The monoisotopic (exact) mass is 414 g/mol. The van der Waals surface area contributed by atoms with Crippen LogP contribution < -0.4 is 19.8 Å². The fourth-order valence-corrected chi connectivity index (χ4v) is 2.83. The maximum absolute atomic E-state index is 12.6. The van der Waals surface area contributed by atoms with E-state index in [9.17, 15) is 9.59 Å². The molecular weight excluding hydrogens is 384 g/mol. The minimum atomic E-state index is -0.685. The molecule has 0 spiro atoms. The van der Waals surface area contributed by atoms with Gasteiger partial charge in [-0.15, -0.1) is 0 Å². The smallest absolute Gasteiger partial charge is 0.383 e. The van der Waals surface area contributed by atoms with Crippen molar-refractivity contribution in [3.05, 3.63) is 51.9 Å². The molecule has 162 valence electrons. The topological polar surface area (TPSA) is 75.0 Å². The predicted molar refractivity (Wildman–Crippen MR) is 117 cm³/mol. The summed E-state index contributed by atoms with van der Waals surface area (Å²) in [6.07, 6.45) is 5.83. The zero-order valence-corrected chi connectivity index (χ0v) is 18.5. The fraction of sp³-hybridized carbons (Fsp3) is 0.417. The van der Waals surface area contributed by atoms with Gasteiger partial charge in [-0.05, 0) is 65.7 Å². The van der Waals surface area contributed by atoms with E-state index in [4.69, 9.17) is 18.6 Å². The molecule has 0 fully saturated rings. The van der Waals surface area contributed by atoms with E-state index >= 15 is 0 Å². The molecule has 0 atom stereocenters. The quantitative estimate of drug-likeness (QED) is 0.231. The Labute approximate surface area is 177 Å². The average molecular weight is 414 g/mol. The molecule has 0 aliphatic heterocycles. The van der Waals surface area contributed by atoms with Gasteiger partial charge in [0.05, 0.1) is 11.5 Å². The molecule has 0 radical (unpaired) electrons. The minimum absolute atomic E-state index is 0.00747. The van der Waals surface area contributed by atoms with Crippen molar-refractivity contribution in [1.82, 2.24) is 0 Å². The van der Waals surface area contributed by atoms with Gasteiger partial charge in [0.1, 0.15) is 6.61 Å². The normalized spacial score (nSPS) is 11.5. The van der Waals surface area contributed by atoms with Crippen LogP contribution in [0.3, 0.4) is 0 Å². The maximum Gasteiger partial charge on any atom is 0.383 e. The lowest BCUT2D eigenvalue weighted by molar-refractivity contribution is -0.131. The summed E-state index contributed by atoms with van der Waals surface area (Å²) in [5.74, 6) is -0.0677. The molecular formula is C24H30O6. The molecule has 2 aromatic rings. The number of carbonyl (C=O) groups excluding carboxylic acids is 1. The van der Waals surface area contributed by atoms with Gasteiger partial charge >= 0.3 is 11.6 Å². The van der Waals surface area contributed by atoms with Crippen LogP contribution >= 0.6 is 0 Å². The van der Waals surface area contributed by atoms with E-state index in [1.165, 1.54) is 18.1 Å². The van der Waals surface area contributed by atoms with Crippen LogP contribution in [0.4, 0.5) is 0 Å². The van der Waals surface area contributed by atoms with Gasteiger partial charge in [-0.1, -0.05) is 23.3 Å².